The van der Waals surface area contributed by atoms with Crippen molar-refractivity contribution in [2.45, 2.75) is 38.8 Å². The summed E-state index contributed by atoms with van der Waals surface area (Å²) in [5.41, 5.74) is -0.684. The highest BCUT2D eigenvalue weighted by molar-refractivity contribution is 5.98. The number of rotatable bonds is 7. The smallest absolute Gasteiger partial charge is 0.274 e. The molecule has 3 aliphatic rings. The number of ether oxygens (including phenoxy) is 1. The molecule has 1 saturated heterocycles. The standard InChI is InChI=1S/C30H28F3N3O4/c31-20-8-23(32)21(24(33)9-20)12-35-28(38)22-13-34-25(27(26(22)37)40-16-17-4-2-1-3-5-17)29(39)36-14-18-6-7-30(10-18)11-19(30)15-36/h1-5,8-9,13,18-19H,6-7,10-12,14-16H2,(H,34,37)(H,35,38)/t18-,19+,30-/m1/s1. The lowest BCUT2D eigenvalue weighted by atomic mass is 10.0. The van der Waals surface area contributed by atoms with Crippen molar-refractivity contribution in [1.82, 2.24) is 15.2 Å². The Morgan fingerprint density at radius 2 is 1.82 bits per heavy atom. The van der Waals surface area contributed by atoms with E-state index >= 15 is 0 Å². The minimum atomic E-state index is -1.16. The van der Waals surface area contributed by atoms with E-state index in [1.165, 1.54) is 6.42 Å². The molecule has 0 unspecified atom stereocenters. The third-order valence-electron chi connectivity index (χ3n) is 8.57. The fraction of sp³-hybridized carbons (Fsp3) is 0.367. The van der Waals surface area contributed by atoms with Crippen LogP contribution in [0.4, 0.5) is 13.2 Å². The summed E-state index contributed by atoms with van der Waals surface area (Å²) in [6, 6.07) is 10.1. The molecule has 2 heterocycles. The van der Waals surface area contributed by atoms with Gasteiger partial charge >= 0.3 is 0 Å². The first kappa shape index (κ1) is 26.2. The predicted molar refractivity (Wildman–Crippen MR) is 139 cm³/mol. The summed E-state index contributed by atoms with van der Waals surface area (Å²) < 4.78 is 47.2. The highest BCUT2D eigenvalue weighted by atomic mass is 19.1. The second kappa shape index (κ2) is 10.1. The number of aromatic amines is 1. The summed E-state index contributed by atoms with van der Waals surface area (Å²) in [7, 11) is 0. The summed E-state index contributed by atoms with van der Waals surface area (Å²) in [6.07, 6.45) is 5.66. The largest absolute Gasteiger partial charge is 0.483 e. The fourth-order valence-electron chi connectivity index (χ4n) is 6.36. The van der Waals surface area contributed by atoms with Crippen LogP contribution in [0.3, 0.4) is 0 Å². The van der Waals surface area contributed by atoms with Crippen LogP contribution in [0.1, 0.15) is 57.7 Å². The zero-order valence-corrected chi connectivity index (χ0v) is 21.6. The van der Waals surface area contributed by atoms with Crippen molar-refractivity contribution in [3.05, 3.63) is 98.7 Å². The van der Waals surface area contributed by atoms with E-state index in [1.54, 1.807) is 17.0 Å². The van der Waals surface area contributed by atoms with Gasteiger partial charge in [0.2, 0.25) is 5.43 Å². The Labute approximate surface area is 228 Å². The van der Waals surface area contributed by atoms with Gasteiger partial charge in [-0.3, -0.25) is 14.4 Å². The molecular weight excluding hydrogens is 523 g/mol. The van der Waals surface area contributed by atoms with E-state index in [-0.39, 0.29) is 24.0 Å². The number of benzene rings is 2. The maximum absolute atomic E-state index is 14.0. The highest BCUT2D eigenvalue weighted by Crippen LogP contribution is 2.65. The highest BCUT2D eigenvalue weighted by Gasteiger charge is 2.59. The van der Waals surface area contributed by atoms with Crippen molar-refractivity contribution in [1.29, 1.82) is 0 Å². The summed E-state index contributed by atoms with van der Waals surface area (Å²) in [5.74, 6) is -4.11. The van der Waals surface area contributed by atoms with Gasteiger partial charge in [0.15, 0.2) is 11.4 Å². The number of likely N-dealkylation sites (tertiary alicyclic amines) is 1. The Balaban J connectivity index is 1.27. The fourth-order valence-corrected chi connectivity index (χ4v) is 6.36. The number of amides is 2. The molecule has 10 heteroatoms. The number of carbonyl (C=O) groups is 2. The summed E-state index contributed by atoms with van der Waals surface area (Å²) in [5, 5.41) is 2.30. The number of nitrogens with one attached hydrogen (secondary N) is 2. The maximum Gasteiger partial charge on any atom is 0.274 e. The Morgan fingerprint density at radius 1 is 1.07 bits per heavy atom. The number of hydrogen-bond acceptors (Lipinski definition) is 4. The van der Waals surface area contributed by atoms with Crippen molar-refractivity contribution < 1.29 is 27.5 Å². The first-order valence-electron chi connectivity index (χ1n) is 13.4. The molecule has 2 amide bonds. The molecule has 208 valence electrons. The van der Waals surface area contributed by atoms with Gasteiger partial charge in [-0.15, -0.1) is 0 Å². The van der Waals surface area contributed by atoms with E-state index < -0.39 is 46.5 Å². The van der Waals surface area contributed by atoms with E-state index in [0.717, 1.165) is 31.0 Å². The zero-order valence-electron chi connectivity index (χ0n) is 21.6. The SMILES string of the molecule is O=C(NCc1c(F)cc(F)cc1F)c1c[nH]c(C(=O)N2C[C@@H]3CC[C@@]4(C3)C[C@H]4C2)c(OCc2ccccc2)c1=O. The average molecular weight is 552 g/mol. The Hall–Kier alpha value is -4.08. The van der Waals surface area contributed by atoms with E-state index in [1.807, 2.05) is 18.2 Å². The molecule has 2 saturated carbocycles. The second-order valence-corrected chi connectivity index (χ2v) is 11.1. The molecule has 2 N–H and O–H groups in total. The van der Waals surface area contributed by atoms with Crippen LogP contribution in [0.15, 0.2) is 53.5 Å². The molecule has 2 aromatic carbocycles. The molecule has 7 nitrogen and oxygen atoms in total. The van der Waals surface area contributed by atoms with Crippen molar-refractivity contribution in [2.75, 3.05) is 13.1 Å². The van der Waals surface area contributed by atoms with Gasteiger partial charge in [-0.25, -0.2) is 13.2 Å². The second-order valence-electron chi connectivity index (χ2n) is 11.1. The molecule has 1 aliphatic heterocycles. The first-order chi connectivity index (χ1) is 19.2. The average Bonchev–Trinajstić information content (AvgIpc) is 3.44. The van der Waals surface area contributed by atoms with Crippen LogP contribution in [-0.2, 0) is 13.2 Å². The van der Waals surface area contributed by atoms with Gasteiger partial charge in [-0.2, -0.15) is 0 Å². The number of H-pyrrole nitrogens is 1. The third kappa shape index (κ3) is 4.87. The monoisotopic (exact) mass is 551 g/mol. The zero-order chi connectivity index (χ0) is 28.0. The summed E-state index contributed by atoms with van der Waals surface area (Å²) in [6.45, 7) is 0.589. The van der Waals surface area contributed by atoms with Crippen LogP contribution in [0.5, 0.6) is 5.75 Å². The molecule has 2 aliphatic carbocycles. The van der Waals surface area contributed by atoms with Crippen LogP contribution < -0.4 is 15.5 Å². The molecule has 3 atom stereocenters. The summed E-state index contributed by atoms with van der Waals surface area (Å²) in [4.78, 5) is 44.8. The molecular formula is C30H28F3N3O4. The molecule has 3 aromatic rings. The van der Waals surface area contributed by atoms with Gasteiger partial charge in [0.25, 0.3) is 11.8 Å². The molecule has 0 radical (unpaired) electrons. The van der Waals surface area contributed by atoms with Gasteiger partial charge in [-0.05, 0) is 48.5 Å². The molecule has 2 bridgehead atoms. The number of pyridine rings is 1. The normalized spacial score (nSPS) is 22.8. The van der Waals surface area contributed by atoms with E-state index in [9.17, 15) is 27.6 Å². The van der Waals surface area contributed by atoms with Crippen molar-refractivity contribution in [3.8, 4) is 5.75 Å². The van der Waals surface area contributed by atoms with Gasteiger partial charge in [0.05, 0.1) is 0 Å². The van der Waals surface area contributed by atoms with Gasteiger partial charge in [0.1, 0.15) is 29.6 Å². The van der Waals surface area contributed by atoms with E-state index in [0.29, 0.717) is 42.5 Å². The van der Waals surface area contributed by atoms with Crippen molar-refractivity contribution in [2.24, 2.45) is 17.3 Å². The maximum atomic E-state index is 14.0. The number of halogens is 3. The minimum Gasteiger partial charge on any atom is -0.483 e. The number of aromatic nitrogens is 1. The first-order valence-corrected chi connectivity index (χ1v) is 13.4. The molecule has 6 rings (SSSR count). The van der Waals surface area contributed by atoms with Crippen LogP contribution in [0, 0.1) is 34.7 Å². The van der Waals surface area contributed by atoms with E-state index in [2.05, 4.69) is 10.3 Å². The number of hydrogen-bond donors (Lipinski definition) is 2. The lowest BCUT2D eigenvalue weighted by Gasteiger charge is -2.26. The third-order valence-corrected chi connectivity index (χ3v) is 8.57. The molecule has 1 spiro atoms. The Bertz CT molecular complexity index is 1510. The minimum absolute atomic E-state index is 0.0182. The van der Waals surface area contributed by atoms with Crippen LogP contribution >= 0.6 is 0 Å². The van der Waals surface area contributed by atoms with Gasteiger partial charge < -0.3 is 19.9 Å². The Kier molecular flexibility index (Phi) is 6.64. The number of fused-ring (bicyclic) bond motifs is 1. The number of carbonyl (C=O) groups excluding carboxylic acids is 2. The quantitative estimate of drug-likeness (QED) is 0.451. The van der Waals surface area contributed by atoms with Crippen molar-refractivity contribution >= 4 is 11.8 Å². The number of nitrogens with zero attached hydrogens (tertiary/aromatic N) is 1. The predicted octanol–water partition coefficient (Wildman–Crippen LogP) is 4.56. The molecule has 1 aromatic heterocycles. The Morgan fingerprint density at radius 3 is 2.58 bits per heavy atom. The molecule has 3 fully saturated rings. The van der Waals surface area contributed by atoms with Crippen LogP contribution in [-0.4, -0.2) is 34.8 Å². The molecule has 40 heavy (non-hydrogen) atoms. The van der Waals surface area contributed by atoms with Gasteiger partial charge in [-0.1, -0.05) is 30.3 Å². The van der Waals surface area contributed by atoms with Crippen LogP contribution in [0.2, 0.25) is 0 Å². The topological polar surface area (TPSA) is 91.5 Å². The lowest BCUT2D eigenvalue weighted by molar-refractivity contribution is 0.0712. The van der Waals surface area contributed by atoms with E-state index in [4.69, 9.17) is 4.74 Å². The van der Waals surface area contributed by atoms with Crippen LogP contribution in [0.25, 0.3) is 0 Å². The van der Waals surface area contributed by atoms with Gasteiger partial charge in [0, 0.05) is 43.5 Å². The summed E-state index contributed by atoms with van der Waals surface area (Å²) >= 11 is 0. The lowest BCUT2D eigenvalue weighted by Crippen LogP contribution is -2.38. The van der Waals surface area contributed by atoms with Crippen molar-refractivity contribution in [3.63, 3.8) is 0 Å².